The van der Waals surface area contributed by atoms with Crippen molar-refractivity contribution in [3.05, 3.63) is 0 Å². The van der Waals surface area contributed by atoms with E-state index < -0.39 is 52.3 Å². The van der Waals surface area contributed by atoms with Gasteiger partial charge < -0.3 is 15.0 Å². The van der Waals surface area contributed by atoms with Crippen molar-refractivity contribution < 1.29 is 47.9 Å². The first-order chi connectivity index (χ1) is 22.1. The predicted octanol–water partition coefficient (Wildman–Crippen LogP) is 0.332. The number of halogens is 2. The highest BCUT2D eigenvalue weighted by molar-refractivity contribution is 6.12. The minimum Gasteiger partial charge on any atom is -0.444 e. The van der Waals surface area contributed by atoms with E-state index in [0.717, 1.165) is 9.80 Å². The SMILES string of the molecule is CC(C)(C)OC(=O)N1CCC2(CC1)CC(=O)N(C1CCC(=O)NC1=O)C2=O.Cl.Cl.O=C1CCC(N2C(=O)CC3(CCNCC3)C2=O)C(=O)N1. The van der Waals surface area contributed by atoms with E-state index >= 15 is 0 Å². The molecule has 49 heavy (non-hydrogen) atoms. The Kier molecular flexibility index (Phi) is 12.3. The summed E-state index contributed by atoms with van der Waals surface area (Å²) in [5.41, 5.74) is -2.12. The van der Waals surface area contributed by atoms with Gasteiger partial charge in [0.25, 0.3) is 0 Å². The summed E-state index contributed by atoms with van der Waals surface area (Å²) in [5.74, 6) is -3.15. The van der Waals surface area contributed by atoms with Gasteiger partial charge in [0, 0.05) is 38.8 Å². The molecular weight excluding hydrogens is 687 g/mol. The first-order valence-corrected chi connectivity index (χ1v) is 16.1. The molecule has 0 saturated carbocycles. The number of piperidine rings is 4. The molecule has 0 aromatic heterocycles. The first kappa shape index (κ1) is 39.8. The number of imide groups is 4. The maximum absolute atomic E-state index is 13.0. The zero-order valence-electron chi connectivity index (χ0n) is 27.8. The molecular formula is C31H44Cl2N6O10. The highest BCUT2D eigenvalue weighted by Crippen LogP contribution is 2.44. The number of nitrogens with zero attached hydrogens (tertiary/aromatic N) is 3. The lowest BCUT2D eigenvalue weighted by atomic mass is 9.77. The number of carbonyl (C=O) groups excluding carboxylic acids is 9. The number of ether oxygens (including phenoxy) is 1. The smallest absolute Gasteiger partial charge is 0.410 e. The quantitative estimate of drug-likeness (QED) is 0.330. The molecule has 3 N–H and O–H groups in total. The van der Waals surface area contributed by atoms with Gasteiger partial charge >= 0.3 is 6.09 Å². The Morgan fingerprint density at radius 2 is 1.10 bits per heavy atom. The monoisotopic (exact) mass is 730 g/mol. The lowest BCUT2D eigenvalue weighted by molar-refractivity contribution is -0.153. The van der Waals surface area contributed by atoms with Crippen molar-refractivity contribution in [3.63, 3.8) is 0 Å². The van der Waals surface area contributed by atoms with Crippen molar-refractivity contribution in [1.29, 1.82) is 0 Å². The van der Waals surface area contributed by atoms with E-state index in [9.17, 15) is 43.2 Å². The van der Waals surface area contributed by atoms with Gasteiger partial charge in [-0.05, 0) is 72.4 Å². The number of likely N-dealkylation sites (tertiary alicyclic amines) is 3. The van der Waals surface area contributed by atoms with Crippen LogP contribution >= 0.6 is 24.8 Å². The van der Waals surface area contributed by atoms with Gasteiger partial charge in [-0.2, -0.15) is 0 Å². The number of rotatable bonds is 2. The summed E-state index contributed by atoms with van der Waals surface area (Å²) in [5, 5.41) is 7.57. The van der Waals surface area contributed by atoms with Crippen LogP contribution in [0.25, 0.3) is 0 Å². The second kappa shape index (κ2) is 15.1. The summed E-state index contributed by atoms with van der Waals surface area (Å²) in [4.78, 5) is 113. The molecule has 6 fully saturated rings. The number of hydrogen-bond acceptors (Lipinski definition) is 11. The lowest BCUT2D eigenvalue weighted by Gasteiger charge is -2.38. The number of carbonyl (C=O) groups is 9. The fraction of sp³-hybridized carbons (Fsp3) is 0.710. The molecule has 2 spiro atoms. The highest BCUT2D eigenvalue weighted by Gasteiger charge is 2.57. The third-order valence-electron chi connectivity index (χ3n) is 9.84. The molecule has 6 saturated heterocycles. The summed E-state index contributed by atoms with van der Waals surface area (Å²) in [6.45, 7) is 7.41. The molecule has 6 aliphatic rings. The molecule has 0 radical (unpaired) electrons. The molecule has 16 nitrogen and oxygen atoms in total. The van der Waals surface area contributed by atoms with Crippen LogP contribution in [0.15, 0.2) is 0 Å². The van der Waals surface area contributed by atoms with E-state index in [-0.39, 0.29) is 92.9 Å². The van der Waals surface area contributed by atoms with Gasteiger partial charge in [-0.1, -0.05) is 0 Å². The van der Waals surface area contributed by atoms with Crippen molar-refractivity contribution in [2.24, 2.45) is 10.8 Å². The van der Waals surface area contributed by atoms with Crippen LogP contribution in [-0.2, 0) is 43.1 Å². The molecule has 18 heteroatoms. The fourth-order valence-corrected chi connectivity index (χ4v) is 7.26. The van der Waals surface area contributed by atoms with Crippen LogP contribution in [-0.4, -0.2) is 112 Å². The second-order valence-corrected chi connectivity index (χ2v) is 14.2. The minimum absolute atomic E-state index is 0. The number of nitrogens with one attached hydrogen (secondary N) is 3. The van der Waals surface area contributed by atoms with E-state index in [1.807, 2.05) is 0 Å². The molecule has 0 aromatic rings. The molecule has 6 aliphatic heterocycles. The van der Waals surface area contributed by atoms with Crippen LogP contribution in [0.3, 0.4) is 0 Å². The maximum atomic E-state index is 13.0. The summed E-state index contributed by atoms with van der Waals surface area (Å²) in [6.07, 6.45) is 2.39. The van der Waals surface area contributed by atoms with Gasteiger partial charge in [0.15, 0.2) is 0 Å². The third kappa shape index (κ3) is 8.07. The topological polar surface area (TPSA) is 209 Å². The molecule has 9 amide bonds. The van der Waals surface area contributed by atoms with Gasteiger partial charge in [0.1, 0.15) is 17.7 Å². The van der Waals surface area contributed by atoms with Crippen LogP contribution in [0.5, 0.6) is 0 Å². The Bertz CT molecular complexity index is 1420. The average Bonchev–Trinajstić information content (AvgIpc) is 3.36. The Labute approximate surface area is 295 Å². The van der Waals surface area contributed by atoms with E-state index in [2.05, 4.69) is 16.0 Å². The van der Waals surface area contributed by atoms with Crippen LogP contribution in [0.2, 0.25) is 0 Å². The van der Waals surface area contributed by atoms with Crippen molar-refractivity contribution in [1.82, 2.24) is 30.7 Å². The van der Waals surface area contributed by atoms with Crippen LogP contribution in [0, 0.1) is 10.8 Å². The third-order valence-corrected chi connectivity index (χ3v) is 9.84. The van der Waals surface area contributed by atoms with Gasteiger partial charge in [-0.3, -0.25) is 58.8 Å². The zero-order valence-corrected chi connectivity index (χ0v) is 29.4. The van der Waals surface area contributed by atoms with E-state index in [4.69, 9.17) is 4.74 Å². The largest absolute Gasteiger partial charge is 0.444 e. The standard InChI is InChI=1S/C18H25N3O6.C13H17N3O4.2ClH/c1-17(2,3)27-16(26)20-8-6-18(7-9-20)10-13(23)21(15(18)25)11-4-5-12(22)19-14(11)24;17-9-2-1-8(11(19)15-9)16-10(18)7-13(12(16)20)3-5-14-6-4-13;;/h11H,4-10H2,1-3H3,(H,19,22,24);8,14H,1-7H2,(H,15,17,19);2*1H. The minimum atomic E-state index is -0.925. The highest BCUT2D eigenvalue weighted by atomic mass is 35.5. The first-order valence-electron chi connectivity index (χ1n) is 16.1. The summed E-state index contributed by atoms with van der Waals surface area (Å²) in [7, 11) is 0. The zero-order chi connectivity index (χ0) is 34.3. The molecule has 2 unspecified atom stereocenters. The van der Waals surface area contributed by atoms with Crippen LogP contribution in [0.1, 0.15) is 85.0 Å². The Morgan fingerprint density at radius 1 is 0.694 bits per heavy atom. The normalized spacial score (nSPS) is 26.5. The summed E-state index contributed by atoms with van der Waals surface area (Å²) in [6, 6.07) is -1.74. The summed E-state index contributed by atoms with van der Waals surface area (Å²) >= 11 is 0. The van der Waals surface area contributed by atoms with E-state index in [1.165, 1.54) is 0 Å². The van der Waals surface area contributed by atoms with Gasteiger partial charge in [0.05, 0.1) is 10.8 Å². The molecule has 0 aromatic carbocycles. The van der Waals surface area contributed by atoms with Crippen molar-refractivity contribution in [2.75, 3.05) is 26.2 Å². The van der Waals surface area contributed by atoms with Crippen molar-refractivity contribution in [2.45, 2.75) is 103 Å². The Morgan fingerprint density at radius 3 is 1.49 bits per heavy atom. The van der Waals surface area contributed by atoms with Crippen LogP contribution in [0.4, 0.5) is 4.79 Å². The molecule has 272 valence electrons. The number of hydrogen-bond donors (Lipinski definition) is 3. The lowest BCUT2D eigenvalue weighted by Crippen LogP contribution is -2.55. The molecule has 0 aliphatic carbocycles. The van der Waals surface area contributed by atoms with Crippen molar-refractivity contribution in [3.8, 4) is 0 Å². The molecule has 2 atom stereocenters. The molecule has 6 heterocycles. The Hall–Kier alpha value is -3.63. The molecule has 0 bridgehead atoms. The number of amides is 9. The van der Waals surface area contributed by atoms with Crippen molar-refractivity contribution >= 4 is 78.2 Å². The predicted molar refractivity (Wildman–Crippen MR) is 174 cm³/mol. The Balaban J connectivity index is 0.000000265. The average molecular weight is 732 g/mol. The summed E-state index contributed by atoms with van der Waals surface area (Å²) < 4.78 is 5.36. The van der Waals surface area contributed by atoms with Gasteiger partial charge in [-0.25, -0.2) is 4.79 Å². The maximum Gasteiger partial charge on any atom is 0.410 e. The van der Waals surface area contributed by atoms with Crippen LogP contribution < -0.4 is 16.0 Å². The van der Waals surface area contributed by atoms with Gasteiger partial charge in [-0.15, -0.1) is 24.8 Å². The van der Waals surface area contributed by atoms with E-state index in [0.29, 0.717) is 51.9 Å². The second-order valence-electron chi connectivity index (χ2n) is 14.2. The molecule has 6 rings (SSSR count). The van der Waals surface area contributed by atoms with E-state index in [1.54, 1.807) is 25.7 Å². The fourth-order valence-electron chi connectivity index (χ4n) is 7.26. The van der Waals surface area contributed by atoms with Gasteiger partial charge in [0.2, 0.25) is 47.3 Å².